The third-order valence-electron chi connectivity index (χ3n) is 2.00. The SMILES string of the molecule is CC(O)CN(Cc1ccco1)CC(C)O. The van der Waals surface area contributed by atoms with Crippen molar-refractivity contribution in [1.82, 2.24) is 4.90 Å². The Labute approximate surface area is 90.1 Å². The van der Waals surface area contributed by atoms with Crippen molar-refractivity contribution in [2.45, 2.75) is 32.6 Å². The minimum atomic E-state index is -0.404. The first-order chi connectivity index (χ1) is 7.08. The Kier molecular flexibility index (Phi) is 4.81. The summed E-state index contributed by atoms with van der Waals surface area (Å²) in [6.07, 6.45) is 0.815. The number of furan rings is 1. The molecule has 1 rings (SSSR count). The van der Waals surface area contributed by atoms with E-state index in [-0.39, 0.29) is 0 Å². The number of aliphatic hydroxyl groups is 2. The second-order valence-corrected chi connectivity index (χ2v) is 3.97. The lowest BCUT2D eigenvalue weighted by Crippen LogP contribution is -2.35. The molecule has 4 nitrogen and oxygen atoms in total. The van der Waals surface area contributed by atoms with E-state index in [0.29, 0.717) is 19.6 Å². The van der Waals surface area contributed by atoms with Gasteiger partial charge >= 0.3 is 0 Å². The van der Waals surface area contributed by atoms with E-state index in [1.54, 1.807) is 20.1 Å². The van der Waals surface area contributed by atoms with Gasteiger partial charge in [0.25, 0.3) is 0 Å². The molecule has 0 aromatic carbocycles. The van der Waals surface area contributed by atoms with Crippen molar-refractivity contribution in [3.05, 3.63) is 24.2 Å². The van der Waals surface area contributed by atoms with Gasteiger partial charge in [-0.25, -0.2) is 0 Å². The minimum Gasteiger partial charge on any atom is -0.468 e. The van der Waals surface area contributed by atoms with Crippen LogP contribution in [0.2, 0.25) is 0 Å². The van der Waals surface area contributed by atoms with Gasteiger partial charge in [-0.1, -0.05) is 0 Å². The molecule has 2 atom stereocenters. The van der Waals surface area contributed by atoms with Crippen LogP contribution in [-0.2, 0) is 6.54 Å². The van der Waals surface area contributed by atoms with E-state index in [4.69, 9.17) is 4.42 Å². The largest absolute Gasteiger partial charge is 0.468 e. The lowest BCUT2D eigenvalue weighted by molar-refractivity contribution is 0.0755. The van der Waals surface area contributed by atoms with Gasteiger partial charge in [0.15, 0.2) is 0 Å². The molecule has 0 aliphatic carbocycles. The molecule has 0 spiro atoms. The van der Waals surface area contributed by atoms with Crippen molar-refractivity contribution >= 4 is 0 Å². The van der Waals surface area contributed by atoms with Gasteiger partial charge in [0.2, 0.25) is 0 Å². The summed E-state index contributed by atoms with van der Waals surface area (Å²) < 4.78 is 5.22. The number of rotatable bonds is 6. The molecule has 0 amide bonds. The zero-order valence-corrected chi connectivity index (χ0v) is 9.26. The normalized spacial score (nSPS) is 15.5. The highest BCUT2D eigenvalue weighted by molar-refractivity contribution is 4.98. The average molecular weight is 213 g/mol. The van der Waals surface area contributed by atoms with Crippen LogP contribution in [0.15, 0.2) is 22.8 Å². The molecule has 0 aliphatic heterocycles. The zero-order chi connectivity index (χ0) is 11.3. The van der Waals surface area contributed by atoms with E-state index in [1.165, 1.54) is 0 Å². The van der Waals surface area contributed by atoms with Crippen molar-refractivity contribution in [2.75, 3.05) is 13.1 Å². The molecule has 4 heteroatoms. The van der Waals surface area contributed by atoms with E-state index in [0.717, 1.165) is 5.76 Å². The molecule has 1 heterocycles. The maximum atomic E-state index is 9.31. The fraction of sp³-hybridized carbons (Fsp3) is 0.636. The molecular formula is C11H19NO3. The highest BCUT2D eigenvalue weighted by Gasteiger charge is 2.12. The van der Waals surface area contributed by atoms with Crippen molar-refractivity contribution in [1.29, 1.82) is 0 Å². The number of aliphatic hydroxyl groups excluding tert-OH is 2. The van der Waals surface area contributed by atoms with Crippen LogP contribution in [0, 0.1) is 0 Å². The summed E-state index contributed by atoms with van der Waals surface area (Å²) in [5.41, 5.74) is 0. The number of hydrogen-bond acceptors (Lipinski definition) is 4. The summed E-state index contributed by atoms with van der Waals surface area (Å²) in [5, 5.41) is 18.6. The fourth-order valence-corrected chi connectivity index (χ4v) is 1.57. The maximum absolute atomic E-state index is 9.31. The Morgan fingerprint density at radius 1 is 1.27 bits per heavy atom. The third-order valence-corrected chi connectivity index (χ3v) is 2.00. The van der Waals surface area contributed by atoms with Crippen LogP contribution in [0.25, 0.3) is 0 Å². The molecule has 0 bridgehead atoms. The van der Waals surface area contributed by atoms with Crippen molar-refractivity contribution in [3.63, 3.8) is 0 Å². The molecule has 0 saturated heterocycles. The lowest BCUT2D eigenvalue weighted by Gasteiger charge is -2.23. The first-order valence-corrected chi connectivity index (χ1v) is 5.18. The topological polar surface area (TPSA) is 56.8 Å². The van der Waals surface area contributed by atoms with Crippen LogP contribution in [0.4, 0.5) is 0 Å². The quantitative estimate of drug-likeness (QED) is 0.735. The predicted octanol–water partition coefficient (Wildman–Crippen LogP) is 0.843. The maximum Gasteiger partial charge on any atom is 0.117 e. The van der Waals surface area contributed by atoms with E-state index in [9.17, 15) is 10.2 Å². The van der Waals surface area contributed by atoms with Crippen molar-refractivity contribution in [3.8, 4) is 0 Å². The van der Waals surface area contributed by atoms with Gasteiger partial charge in [-0.3, -0.25) is 4.90 Å². The van der Waals surface area contributed by atoms with Crippen LogP contribution < -0.4 is 0 Å². The van der Waals surface area contributed by atoms with E-state index in [1.807, 2.05) is 17.0 Å². The monoisotopic (exact) mass is 213 g/mol. The van der Waals surface area contributed by atoms with Crippen LogP contribution >= 0.6 is 0 Å². The van der Waals surface area contributed by atoms with Gasteiger partial charge in [-0.2, -0.15) is 0 Å². The molecule has 0 aliphatic rings. The predicted molar refractivity (Wildman–Crippen MR) is 57.3 cm³/mol. The van der Waals surface area contributed by atoms with E-state index in [2.05, 4.69) is 0 Å². The molecule has 2 unspecified atom stereocenters. The summed E-state index contributed by atoms with van der Waals surface area (Å²) in [6.45, 7) is 5.15. The van der Waals surface area contributed by atoms with Gasteiger partial charge in [-0.05, 0) is 26.0 Å². The summed E-state index contributed by atoms with van der Waals surface area (Å²) in [4.78, 5) is 1.97. The first-order valence-electron chi connectivity index (χ1n) is 5.18. The van der Waals surface area contributed by atoms with Gasteiger partial charge < -0.3 is 14.6 Å². The van der Waals surface area contributed by atoms with Crippen LogP contribution in [0.5, 0.6) is 0 Å². The molecule has 86 valence electrons. The van der Waals surface area contributed by atoms with E-state index >= 15 is 0 Å². The van der Waals surface area contributed by atoms with Gasteiger partial charge in [0.1, 0.15) is 5.76 Å². The Morgan fingerprint density at radius 3 is 2.27 bits per heavy atom. The van der Waals surface area contributed by atoms with Crippen LogP contribution in [-0.4, -0.2) is 40.4 Å². The molecule has 2 N–H and O–H groups in total. The average Bonchev–Trinajstić information content (AvgIpc) is 2.53. The zero-order valence-electron chi connectivity index (χ0n) is 9.26. The molecule has 1 aromatic heterocycles. The Bertz CT molecular complexity index is 247. The standard InChI is InChI=1S/C11H19NO3/c1-9(13)6-12(7-10(2)14)8-11-4-3-5-15-11/h3-5,9-10,13-14H,6-8H2,1-2H3. The molecular weight excluding hydrogens is 194 g/mol. The second kappa shape index (κ2) is 5.90. The second-order valence-electron chi connectivity index (χ2n) is 3.97. The highest BCUT2D eigenvalue weighted by Crippen LogP contribution is 2.06. The molecule has 0 saturated carbocycles. The smallest absolute Gasteiger partial charge is 0.117 e. The summed E-state index contributed by atoms with van der Waals surface area (Å²) in [5.74, 6) is 0.844. The van der Waals surface area contributed by atoms with Crippen molar-refractivity contribution in [2.24, 2.45) is 0 Å². The lowest BCUT2D eigenvalue weighted by atomic mass is 10.3. The Balaban J connectivity index is 2.48. The summed E-state index contributed by atoms with van der Waals surface area (Å²) >= 11 is 0. The molecule has 0 radical (unpaired) electrons. The minimum absolute atomic E-state index is 0.404. The number of hydrogen-bond donors (Lipinski definition) is 2. The summed E-state index contributed by atoms with van der Waals surface area (Å²) in [7, 11) is 0. The Morgan fingerprint density at radius 2 is 1.87 bits per heavy atom. The Hall–Kier alpha value is -0.840. The van der Waals surface area contributed by atoms with Crippen LogP contribution in [0.3, 0.4) is 0 Å². The summed E-state index contributed by atoms with van der Waals surface area (Å²) in [6, 6.07) is 3.72. The third kappa shape index (κ3) is 4.97. The fourth-order valence-electron chi connectivity index (χ4n) is 1.57. The van der Waals surface area contributed by atoms with Gasteiger partial charge in [0.05, 0.1) is 25.0 Å². The molecule has 0 fully saturated rings. The van der Waals surface area contributed by atoms with Gasteiger partial charge in [-0.15, -0.1) is 0 Å². The highest BCUT2D eigenvalue weighted by atomic mass is 16.3. The van der Waals surface area contributed by atoms with Crippen molar-refractivity contribution < 1.29 is 14.6 Å². The molecule has 15 heavy (non-hydrogen) atoms. The van der Waals surface area contributed by atoms with Gasteiger partial charge in [0, 0.05) is 13.1 Å². The first kappa shape index (κ1) is 12.2. The van der Waals surface area contributed by atoms with Crippen LogP contribution in [0.1, 0.15) is 19.6 Å². The molecule has 1 aromatic rings. The number of nitrogens with zero attached hydrogens (tertiary/aromatic N) is 1. The van der Waals surface area contributed by atoms with E-state index < -0.39 is 12.2 Å².